The van der Waals surface area contributed by atoms with Gasteiger partial charge in [0, 0.05) is 6.07 Å². The van der Waals surface area contributed by atoms with Crippen LogP contribution in [0.1, 0.15) is 27.7 Å². The Labute approximate surface area is 132 Å². The summed E-state index contributed by atoms with van der Waals surface area (Å²) in [6.07, 6.45) is -1.18. The van der Waals surface area contributed by atoms with E-state index in [9.17, 15) is 19.7 Å². The van der Waals surface area contributed by atoms with Crippen LogP contribution in [0, 0.1) is 10.1 Å². The largest absolute Gasteiger partial charge is 0.475 e. The van der Waals surface area contributed by atoms with E-state index in [4.69, 9.17) is 9.47 Å². The summed E-state index contributed by atoms with van der Waals surface area (Å²) in [5.74, 6) is -1.44. The predicted octanol–water partition coefficient (Wildman–Crippen LogP) is 1.44. The molecule has 1 aliphatic heterocycles. The van der Waals surface area contributed by atoms with E-state index in [1.54, 1.807) is 13.8 Å². The first-order valence-electron chi connectivity index (χ1n) is 7.08. The van der Waals surface area contributed by atoms with Crippen molar-refractivity contribution in [1.82, 2.24) is 4.98 Å². The highest BCUT2D eigenvalue weighted by Crippen LogP contribution is 2.35. The molecule has 1 aromatic rings. The number of ether oxygens (including phenoxy) is 2. The average molecular weight is 323 g/mol. The highest BCUT2D eigenvalue weighted by molar-refractivity contribution is 6.03. The summed E-state index contributed by atoms with van der Waals surface area (Å²) in [6.45, 7) is 6.38. The second-order valence-electron chi connectivity index (χ2n) is 5.38. The summed E-state index contributed by atoms with van der Waals surface area (Å²) < 4.78 is 10.5. The maximum absolute atomic E-state index is 12.4. The third-order valence-corrected chi connectivity index (χ3v) is 3.21. The zero-order valence-corrected chi connectivity index (χ0v) is 13.2. The molecular weight excluding hydrogens is 306 g/mol. The Morgan fingerprint density at radius 3 is 2.65 bits per heavy atom. The Morgan fingerprint density at radius 2 is 2.09 bits per heavy atom. The summed E-state index contributed by atoms with van der Waals surface area (Å²) in [4.78, 5) is 39.6. The highest BCUT2D eigenvalue weighted by Gasteiger charge is 2.42. The number of hydrogen-bond acceptors (Lipinski definition) is 7. The van der Waals surface area contributed by atoms with Crippen molar-refractivity contribution in [2.45, 2.75) is 45.9 Å². The lowest BCUT2D eigenvalue weighted by Gasteiger charge is -2.32. The molecule has 2 atom stereocenters. The van der Waals surface area contributed by atoms with Crippen molar-refractivity contribution < 1.29 is 24.0 Å². The maximum atomic E-state index is 12.4. The summed E-state index contributed by atoms with van der Waals surface area (Å²) in [5.41, 5.74) is 0. The van der Waals surface area contributed by atoms with Gasteiger partial charge in [-0.2, -0.15) is 0 Å². The molecule has 0 fully saturated rings. The van der Waals surface area contributed by atoms with E-state index < -0.39 is 34.8 Å². The monoisotopic (exact) mass is 323 g/mol. The predicted molar refractivity (Wildman–Crippen MR) is 79.2 cm³/mol. The number of esters is 1. The van der Waals surface area contributed by atoms with Crippen molar-refractivity contribution in [2.24, 2.45) is 0 Å². The molecule has 23 heavy (non-hydrogen) atoms. The molecule has 124 valence electrons. The minimum absolute atomic E-state index is 0.0597. The molecule has 0 saturated carbocycles. The first-order valence-corrected chi connectivity index (χ1v) is 7.08. The molecule has 0 N–H and O–H groups in total. The van der Waals surface area contributed by atoms with Gasteiger partial charge in [0.25, 0.3) is 11.7 Å². The zero-order chi connectivity index (χ0) is 17.3. The Morgan fingerprint density at radius 1 is 1.43 bits per heavy atom. The molecule has 0 radical (unpaired) electrons. The molecule has 0 bridgehead atoms. The quantitative estimate of drug-likeness (QED) is 0.468. The van der Waals surface area contributed by atoms with Crippen molar-refractivity contribution in [3.8, 4) is 5.75 Å². The van der Waals surface area contributed by atoms with Crippen LogP contribution in [0.15, 0.2) is 12.1 Å². The Kier molecular flexibility index (Phi) is 4.48. The van der Waals surface area contributed by atoms with E-state index in [2.05, 4.69) is 4.98 Å². The number of aromatic nitrogens is 1. The fourth-order valence-electron chi connectivity index (χ4n) is 2.14. The Hall–Kier alpha value is -2.71. The molecule has 1 aliphatic rings. The SMILES string of the molecule is CC(C)OC(=O)C(C)N1C(=O)C(C)Oc2ccc([N+](=O)[O-])nc21. The standard InChI is InChI=1S/C14H17N3O6/c1-7(2)22-14(19)8(3)16-12-10(23-9(4)13(16)18)5-6-11(15-12)17(20)21/h5-9H,1-4H3. The van der Waals surface area contributed by atoms with Crippen molar-refractivity contribution in [2.75, 3.05) is 4.90 Å². The Balaban J connectivity index is 2.46. The van der Waals surface area contributed by atoms with Crippen LogP contribution in [0.25, 0.3) is 0 Å². The van der Waals surface area contributed by atoms with Gasteiger partial charge in [0.1, 0.15) is 6.04 Å². The first kappa shape index (κ1) is 16.7. The zero-order valence-electron chi connectivity index (χ0n) is 13.2. The number of carbonyl (C=O) groups is 2. The number of hydrogen-bond donors (Lipinski definition) is 0. The van der Waals surface area contributed by atoms with E-state index in [0.29, 0.717) is 0 Å². The van der Waals surface area contributed by atoms with Crippen LogP contribution in [-0.4, -0.2) is 40.0 Å². The van der Waals surface area contributed by atoms with Gasteiger partial charge in [-0.1, -0.05) is 0 Å². The van der Waals surface area contributed by atoms with E-state index in [0.717, 1.165) is 4.90 Å². The molecular formula is C14H17N3O6. The van der Waals surface area contributed by atoms with Gasteiger partial charge in [-0.05, 0) is 43.7 Å². The van der Waals surface area contributed by atoms with Gasteiger partial charge < -0.3 is 19.6 Å². The molecule has 0 saturated heterocycles. The van der Waals surface area contributed by atoms with Crippen LogP contribution in [0.4, 0.5) is 11.6 Å². The number of nitrogens with zero attached hydrogens (tertiary/aromatic N) is 3. The van der Waals surface area contributed by atoms with E-state index >= 15 is 0 Å². The summed E-state index contributed by atoms with van der Waals surface area (Å²) in [7, 11) is 0. The third kappa shape index (κ3) is 3.22. The molecule has 9 heteroatoms. The van der Waals surface area contributed by atoms with Gasteiger partial charge in [-0.25, -0.2) is 4.79 Å². The molecule has 2 unspecified atom stereocenters. The van der Waals surface area contributed by atoms with Crippen LogP contribution in [-0.2, 0) is 14.3 Å². The Bertz CT molecular complexity index is 660. The summed E-state index contributed by atoms with van der Waals surface area (Å²) in [6, 6.07) is 1.55. The van der Waals surface area contributed by atoms with Gasteiger partial charge in [0.05, 0.1) is 6.10 Å². The van der Waals surface area contributed by atoms with Gasteiger partial charge in [0.2, 0.25) is 0 Å². The average Bonchev–Trinajstić information content (AvgIpc) is 2.46. The number of carbonyl (C=O) groups excluding carboxylic acids is 2. The van der Waals surface area contributed by atoms with Crippen LogP contribution in [0.5, 0.6) is 5.75 Å². The summed E-state index contributed by atoms with van der Waals surface area (Å²) in [5, 5.41) is 10.9. The molecule has 1 amide bonds. The maximum Gasteiger partial charge on any atom is 0.366 e. The van der Waals surface area contributed by atoms with E-state index in [-0.39, 0.29) is 17.7 Å². The molecule has 2 heterocycles. The minimum atomic E-state index is -0.982. The van der Waals surface area contributed by atoms with Gasteiger partial charge >= 0.3 is 11.8 Å². The van der Waals surface area contributed by atoms with Crippen LogP contribution < -0.4 is 9.64 Å². The number of pyridine rings is 1. The third-order valence-electron chi connectivity index (χ3n) is 3.21. The minimum Gasteiger partial charge on any atom is -0.475 e. The molecule has 9 nitrogen and oxygen atoms in total. The lowest BCUT2D eigenvalue weighted by atomic mass is 10.2. The van der Waals surface area contributed by atoms with E-state index in [1.807, 2.05) is 0 Å². The van der Waals surface area contributed by atoms with Crippen LogP contribution in [0.2, 0.25) is 0 Å². The molecule has 2 rings (SSSR count). The van der Waals surface area contributed by atoms with Gasteiger partial charge in [0.15, 0.2) is 11.9 Å². The number of anilines is 1. The molecule has 0 aromatic carbocycles. The second-order valence-corrected chi connectivity index (χ2v) is 5.38. The van der Waals surface area contributed by atoms with Crippen molar-refractivity contribution in [1.29, 1.82) is 0 Å². The first-order chi connectivity index (χ1) is 10.7. The van der Waals surface area contributed by atoms with E-state index in [1.165, 1.54) is 26.0 Å². The second kappa shape index (κ2) is 6.19. The molecule has 0 spiro atoms. The highest BCUT2D eigenvalue weighted by atomic mass is 16.6. The van der Waals surface area contributed by atoms with Gasteiger partial charge in [-0.15, -0.1) is 0 Å². The van der Waals surface area contributed by atoms with Crippen LogP contribution >= 0.6 is 0 Å². The smallest absolute Gasteiger partial charge is 0.366 e. The lowest BCUT2D eigenvalue weighted by molar-refractivity contribution is -0.389. The molecule has 1 aromatic heterocycles. The van der Waals surface area contributed by atoms with Crippen molar-refractivity contribution >= 4 is 23.5 Å². The number of rotatable bonds is 4. The van der Waals surface area contributed by atoms with Crippen molar-refractivity contribution in [3.63, 3.8) is 0 Å². The molecule has 0 aliphatic carbocycles. The van der Waals surface area contributed by atoms with Crippen molar-refractivity contribution in [3.05, 3.63) is 22.2 Å². The van der Waals surface area contributed by atoms with Gasteiger partial charge in [-0.3, -0.25) is 9.69 Å². The number of amides is 1. The normalized spacial score (nSPS) is 18.2. The van der Waals surface area contributed by atoms with Crippen LogP contribution in [0.3, 0.4) is 0 Å². The number of nitro groups is 1. The fraction of sp³-hybridized carbons (Fsp3) is 0.500. The lowest BCUT2D eigenvalue weighted by Crippen LogP contribution is -2.52. The number of fused-ring (bicyclic) bond motifs is 1. The topological polar surface area (TPSA) is 112 Å². The summed E-state index contributed by atoms with van der Waals surface area (Å²) >= 11 is 0. The fourth-order valence-corrected chi connectivity index (χ4v) is 2.14.